The molecule has 0 aliphatic heterocycles. The maximum Gasteiger partial charge on any atom is 0.182 e. The molecule has 0 spiro atoms. The van der Waals surface area contributed by atoms with Gasteiger partial charge in [-0.1, -0.05) is 48.9 Å². The molecule has 0 atom stereocenters. The molecule has 2 aromatic carbocycles. The molecule has 0 heterocycles. The summed E-state index contributed by atoms with van der Waals surface area (Å²) in [7, 11) is -3.26. The summed E-state index contributed by atoms with van der Waals surface area (Å²) in [6.07, 6.45) is 0.847. The number of rotatable bonds is 4. The zero-order chi connectivity index (χ0) is 13.9. The van der Waals surface area contributed by atoms with Crippen molar-refractivity contribution in [2.24, 2.45) is 0 Å². The minimum atomic E-state index is -3.26. The normalized spacial score (nSPS) is 11.5. The molecule has 19 heavy (non-hydrogen) atoms. The molecule has 0 N–H and O–H groups in total. The zero-order valence-corrected chi connectivity index (χ0v) is 12.1. The monoisotopic (exact) mass is 274 g/mol. The number of sulfone groups is 1. The van der Waals surface area contributed by atoms with Crippen molar-refractivity contribution in [2.45, 2.75) is 30.9 Å². The predicted octanol–water partition coefficient (Wildman–Crippen LogP) is 3.53. The fraction of sp³-hybridized carbons (Fsp3) is 0.250. The van der Waals surface area contributed by atoms with Crippen molar-refractivity contribution in [1.82, 2.24) is 0 Å². The van der Waals surface area contributed by atoms with Crippen LogP contribution in [0.15, 0.2) is 53.4 Å². The van der Waals surface area contributed by atoms with Crippen molar-refractivity contribution in [2.75, 3.05) is 0 Å². The molecule has 2 aromatic rings. The molecule has 0 aromatic heterocycles. The maximum atomic E-state index is 12.4. The number of hydrogen-bond donors (Lipinski definition) is 0. The summed E-state index contributed by atoms with van der Waals surface area (Å²) in [5.41, 5.74) is 3.05. The van der Waals surface area contributed by atoms with E-state index in [0.717, 1.165) is 23.1 Å². The van der Waals surface area contributed by atoms with Crippen molar-refractivity contribution in [3.05, 3.63) is 65.2 Å². The molecular weight excluding hydrogens is 256 g/mol. The van der Waals surface area contributed by atoms with Crippen LogP contribution < -0.4 is 0 Å². The van der Waals surface area contributed by atoms with E-state index in [4.69, 9.17) is 0 Å². The van der Waals surface area contributed by atoms with Gasteiger partial charge in [-0.25, -0.2) is 8.42 Å². The van der Waals surface area contributed by atoms with E-state index < -0.39 is 9.84 Å². The smallest absolute Gasteiger partial charge is 0.182 e. The van der Waals surface area contributed by atoms with Gasteiger partial charge in [0.1, 0.15) is 0 Å². The summed E-state index contributed by atoms with van der Waals surface area (Å²) in [6, 6.07) is 14.7. The molecule has 2 nitrogen and oxygen atoms in total. The Kier molecular flexibility index (Phi) is 4.05. The maximum absolute atomic E-state index is 12.4. The van der Waals surface area contributed by atoms with Crippen LogP contribution in [-0.2, 0) is 22.0 Å². The lowest BCUT2D eigenvalue weighted by Crippen LogP contribution is -2.06. The van der Waals surface area contributed by atoms with Crippen LogP contribution in [-0.4, -0.2) is 8.42 Å². The Morgan fingerprint density at radius 1 is 0.895 bits per heavy atom. The lowest BCUT2D eigenvalue weighted by molar-refractivity contribution is 0.595. The third kappa shape index (κ3) is 3.24. The highest BCUT2D eigenvalue weighted by Gasteiger charge is 2.16. The average molecular weight is 274 g/mol. The summed E-state index contributed by atoms with van der Waals surface area (Å²) in [5, 5.41) is 0. The van der Waals surface area contributed by atoms with Gasteiger partial charge in [-0.3, -0.25) is 0 Å². The number of benzene rings is 2. The molecule has 2 rings (SSSR count). The van der Waals surface area contributed by atoms with E-state index >= 15 is 0 Å². The quantitative estimate of drug-likeness (QED) is 0.854. The van der Waals surface area contributed by atoms with E-state index in [9.17, 15) is 8.42 Å². The second kappa shape index (κ2) is 5.57. The van der Waals surface area contributed by atoms with Gasteiger partial charge >= 0.3 is 0 Å². The minimum Gasteiger partial charge on any atom is -0.223 e. The van der Waals surface area contributed by atoms with E-state index in [1.54, 1.807) is 12.1 Å². The third-order valence-electron chi connectivity index (χ3n) is 3.22. The Morgan fingerprint density at radius 2 is 1.47 bits per heavy atom. The van der Waals surface area contributed by atoms with Crippen LogP contribution in [0.25, 0.3) is 0 Å². The van der Waals surface area contributed by atoms with E-state index in [2.05, 4.69) is 0 Å². The molecule has 0 radical (unpaired) electrons. The van der Waals surface area contributed by atoms with Crippen LogP contribution >= 0.6 is 0 Å². The van der Waals surface area contributed by atoms with Crippen LogP contribution in [0.1, 0.15) is 23.6 Å². The third-order valence-corrected chi connectivity index (χ3v) is 4.91. The number of aryl methyl sites for hydroxylation is 2. The second-order valence-electron chi connectivity index (χ2n) is 4.69. The Morgan fingerprint density at radius 3 is 2.05 bits per heavy atom. The molecule has 3 heteroatoms. The van der Waals surface area contributed by atoms with Crippen LogP contribution in [0.2, 0.25) is 0 Å². The summed E-state index contributed by atoms with van der Waals surface area (Å²) < 4.78 is 24.8. The largest absolute Gasteiger partial charge is 0.223 e. The van der Waals surface area contributed by atoms with Crippen molar-refractivity contribution in [3.8, 4) is 0 Å². The average Bonchev–Trinajstić information content (AvgIpc) is 2.39. The second-order valence-corrected chi connectivity index (χ2v) is 6.68. The first-order chi connectivity index (χ1) is 9.03. The molecule has 0 amide bonds. The Bertz CT molecular complexity index is 655. The van der Waals surface area contributed by atoms with Crippen molar-refractivity contribution >= 4 is 9.84 Å². The molecule has 0 fully saturated rings. The minimum absolute atomic E-state index is 0.0695. The zero-order valence-electron chi connectivity index (χ0n) is 11.3. The van der Waals surface area contributed by atoms with Crippen LogP contribution in [0, 0.1) is 6.92 Å². The Balaban J connectivity index is 2.34. The standard InChI is InChI=1S/C16H18O2S/c1-3-14-6-4-5-7-15(14)12-19(17,18)16-10-8-13(2)9-11-16/h4-11H,3,12H2,1-2H3. The molecule has 0 saturated heterocycles. The fourth-order valence-corrected chi connectivity index (χ4v) is 3.49. The molecule has 100 valence electrons. The molecule has 0 unspecified atom stereocenters. The molecule has 0 saturated carbocycles. The van der Waals surface area contributed by atoms with Crippen LogP contribution in [0.4, 0.5) is 0 Å². The molecule has 0 bridgehead atoms. The van der Waals surface area contributed by atoms with E-state index in [1.165, 1.54) is 0 Å². The molecule has 0 aliphatic rings. The van der Waals surface area contributed by atoms with Gasteiger partial charge in [0.05, 0.1) is 10.6 Å². The Labute approximate surface area is 115 Å². The molecular formula is C16H18O2S. The van der Waals surface area contributed by atoms with E-state index in [1.807, 2.05) is 50.2 Å². The van der Waals surface area contributed by atoms with Gasteiger partial charge in [-0.05, 0) is 36.6 Å². The van der Waals surface area contributed by atoms with Crippen molar-refractivity contribution in [1.29, 1.82) is 0 Å². The Hall–Kier alpha value is -1.61. The summed E-state index contributed by atoms with van der Waals surface area (Å²) in [6.45, 7) is 3.99. The summed E-state index contributed by atoms with van der Waals surface area (Å²) >= 11 is 0. The highest BCUT2D eigenvalue weighted by Crippen LogP contribution is 2.19. The highest BCUT2D eigenvalue weighted by molar-refractivity contribution is 7.90. The van der Waals surface area contributed by atoms with Gasteiger partial charge in [-0.15, -0.1) is 0 Å². The first kappa shape index (κ1) is 13.8. The number of hydrogen-bond acceptors (Lipinski definition) is 2. The van der Waals surface area contributed by atoms with E-state index in [-0.39, 0.29) is 5.75 Å². The van der Waals surface area contributed by atoms with Gasteiger partial charge in [0, 0.05) is 0 Å². The van der Waals surface area contributed by atoms with Crippen molar-refractivity contribution in [3.63, 3.8) is 0 Å². The van der Waals surface area contributed by atoms with Gasteiger partial charge in [0.2, 0.25) is 0 Å². The fourth-order valence-electron chi connectivity index (χ4n) is 2.08. The van der Waals surface area contributed by atoms with Gasteiger partial charge in [-0.2, -0.15) is 0 Å². The topological polar surface area (TPSA) is 34.1 Å². The van der Waals surface area contributed by atoms with Crippen LogP contribution in [0.3, 0.4) is 0 Å². The lowest BCUT2D eigenvalue weighted by atomic mass is 10.1. The summed E-state index contributed by atoms with van der Waals surface area (Å²) in [5.74, 6) is 0.0695. The SMILES string of the molecule is CCc1ccccc1CS(=O)(=O)c1ccc(C)cc1. The lowest BCUT2D eigenvalue weighted by Gasteiger charge is -2.09. The first-order valence-electron chi connectivity index (χ1n) is 6.39. The van der Waals surface area contributed by atoms with Crippen LogP contribution in [0.5, 0.6) is 0 Å². The van der Waals surface area contributed by atoms with Crippen molar-refractivity contribution < 1.29 is 8.42 Å². The van der Waals surface area contributed by atoms with Gasteiger partial charge < -0.3 is 0 Å². The summed E-state index contributed by atoms with van der Waals surface area (Å²) in [4.78, 5) is 0.393. The first-order valence-corrected chi connectivity index (χ1v) is 8.04. The molecule has 0 aliphatic carbocycles. The van der Waals surface area contributed by atoms with Gasteiger partial charge in [0.25, 0.3) is 0 Å². The highest BCUT2D eigenvalue weighted by atomic mass is 32.2. The predicted molar refractivity (Wildman–Crippen MR) is 77.9 cm³/mol. The van der Waals surface area contributed by atoms with E-state index in [0.29, 0.717) is 4.90 Å². The van der Waals surface area contributed by atoms with Gasteiger partial charge in [0.15, 0.2) is 9.84 Å².